The SMILES string of the molecule is Cc1ccc(N2CCCC(NC(=O)N3CCC(C(=O)O)C3)C2)nn1. The van der Waals surface area contributed by atoms with Crippen LogP contribution in [0.2, 0.25) is 0 Å². The molecule has 2 N–H and O–H groups in total. The lowest BCUT2D eigenvalue weighted by Crippen LogP contribution is -2.51. The number of aromatic nitrogens is 2. The Morgan fingerprint density at radius 1 is 1.21 bits per heavy atom. The van der Waals surface area contributed by atoms with E-state index in [0.717, 1.165) is 30.9 Å². The minimum Gasteiger partial charge on any atom is -0.481 e. The van der Waals surface area contributed by atoms with E-state index in [-0.39, 0.29) is 12.1 Å². The molecular weight excluding hydrogens is 310 g/mol. The zero-order valence-electron chi connectivity index (χ0n) is 13.8. The van der Waals surface area contributed by atoms with Crippen LogP contribution in [0, 0.1) is 12.8 Å². The van der Waals surface area contributed by atoms with Crippen LogP contribution in [-0.4, -0.2) is 64.4 Å². The van der Waals surface area contributed by atoms with Gasteiger partial charge in [-0.05, 0) is 38.3 Å². The van der Waals surface area contributed by atoms with Gasteiger partial charge in [-0.2, -0.15) is 5.10 Å². The number of hydrogen-bond donors (Lipinski definition) is 2. The Hall–Kier alpha value is -2.38. The molecule has 3 heterocycles. The zero-order chi connectivity index (χ0) is 17.1. The summed E-state index contributed by atoms with van der Waals surface area (Å²) in [6, 6.07) is 3.75. The summed E-state index contributed by atoms with van der Waals surface area (Å²) in [5.74, 6) is -0.444. The highest BCUT2D eigenvalue weighted by molar-refractivity contribution is 5.77. The number of nitrogens with zero attached hydrogens (tertiary/aromatic N) is 4. The molecule has 2 fully saturated rings. The van der Waals surface area contributed by atoms with Crippen molar-refractivity contribution in [2.45, 2.75) is 32.2 Å². The van der Waals surface area contributed by atoms with Crippen LogP contribution < -0.4 is 10.2 Å². The molecule has 0 bridgehead atoms. The third-order valence-corrected chi connectivity index (χ3v) is 4.68. The number of piperidine rings is 1. The van der Waals surface area contributed by atoms with Crippen LogP contribution in [0.1, 0.15) is 25.0 Å². The van der Waals surface area contributed by atoms with Crippen molar-refractivity contribution < 1.29 is 14.7 Å². The summed E-state index contributed by atoms with van der Waals surface area (Å²) >= 11 is 0. The topological polar surface area (TPSA) is 98.7 Å². The molecule has 0 saturated carbocycles. The van der Waals surface area contributed by atoms with Crippen LogP contribution in [0.15, 0.2) is 12.1 Å². The van der Waals surface area contributed by atoms with Crippen molar-refractivity contribution in [3.63, 3.8) is 0 Å². The fraction of sp³-hybridized carbons (Fsp3) is 0.625. The maximum absolute atomic E-state index is 12.3. The Balaban J connectivity index is 1.54. The first kappa shape index (κ1) is 16.5. The van der Waals surface area contributed by atoms with E-state index in [0.29, 0.717) is 26.1 Å². The standard InChI is InChI=1S/C16H23N5O3/c1-11-4-5-14(19-18-11)20-7-2-3-13(10-20)17-16(24)21-8-6-12(9-21)15(22)23/h4-5,12-13H,2-3,6-10H2,1H3,(H,17,24)(H,22,23). The number of carbonyl (C=O) groups excluding carboxylic acids is 1. The van der Waals surface area contributed by atoms with Gasteiger partial charge in [-0.1, -0.05) is 0 Å². The second kappa shape index (κ2) is 7.02. The lowest BCUT2D eigenvalue weighted by atomic mass is 10.1. The number of aryl methyl sites for hydroxylation is 1. The Labute approximate surface area is 140 Å². The highest BCUT2D eigenvalue weighted by Gasteiger charge is 2.32. The maximum atomic E-state index is 12.3. The van der Waals surface area contributed by atoms with Gasteiger partial charge in [0.1, 0.15) is 0 Å². The number of likely N-dealkylation sites (tertiary alicyclic amines) is 1. The summed E-state index contributed by atoms with van der Waals surface area (Å²) < 4.78 is 0. The predicted octanol–water partition coefficient (Wildman–Crippen LogP) is 0.870. The van der Waals surface area contributed by atoms with Crippen molar-refractivity contribution in [1.29, 1.82) is 0 Å². The molecule has 8 heteroatoms. The van der Waals surface area contributed by atoms with Gasteiger partial charge in [0.05, 0.1) is 11.6 Å². The Morgan fingerprint density at radius 3 is 2.71 bits per heavy atom. The molecule has 0 aromatic carbocycles. The van der Waals surface area contributed by atoms with Gasteiger partial charge in [0.15, 0.2) is 5.82 Å². The molecule has 24 heavy (non-hydrogen) atoms. The molecule has 8 nitrogen and oxygen atoms in total. The normalized spacial score (nSPS) is 24.0. The first-order valence-corrected chi connectivity index (χ1v) is 8.36. The van der Waals surface area contributed by atoms with Gasteiger partial charge in [0.25, 0.3) is 0 Å². The molecule has 2 aliphatic heterocycles. The molecule has 2 amide bonds. The number of hydrogen-bond acceptors (Lipinski definition) is 5. The van der Waals surface area contributed by atoms with Crippen LogP contribution in [0.4, 0.5) is 10.6 Å². The zero-order valence-corrected chi connectivity index (χ0v) is 13.8. The highest BCUT2D eigenvalue weighted by atomic mass is 16.4. The van der Waals surface area contributed by atoms with Gasteiger partial charge in [0, 0.05) is 32.2 Å². The quantitative estimate of drug-likeness (QED) is 0.852. The van der Waals surface area contributed by atoms with Gasteiger partial charge in [0.2, 0.25) is 0 Å². The Kier molecular flexibility index (Phi) is 4.82. The minimum absolute atomic E-state index is 0.0400. The lowest BCUT2D eigenvalue weighted by Gasteiger charge is -2.34. The van der Waals surface area contributed by atoms with Crippen LogP contribution in [0.25, 0.3) is 0 Å². The molecule has 1 aromatic heterocycles. The van der Waals surface area contributed by atoms with E-state index >= 15 is 0 Å². The van der Waals surface area contributed by atoms with E-state index in [4.69, 9.17) is 5.11 Å². The summed E-state index contributed by atoms with van der Waals surface area (Å²) in [6.45, 7) is 4.29. The van der Waals surface area contributed by atoms with Gasteiger partial charge in [-0.3, -0.25) is 4.79 Å². The average molecular weight is 333 g/mol. The second-order valence-corrected chi connectivity index (χ2v) is 6.54. The number of rotatable bonds is 3. The van der Waals surface area contributed by atoms with Crippen molar-refractivity contribution in [3.8, 4) is 0 Å². The van der Waals surface area contributed by atoms with E-state index < -0.39 is 11.9 Å². The molecule has 2 saturated heterocycles. The number of carboxylic acid groups (broad SMARTS) is 1. The first-order chi connectivity index (χ1) is 11.5. The summed E-state index contributed by atoms with van der Waals surface area (Å²) in [7, 11) is 0. The molecule has 0 spiro atoms. The summed E-state index contributed by atoms with van der Waals surface area (Å²) in [6.07, 6.45) is 2.41. The third kappa shape index (κ3) is 3.74. The first-order valence-electron chi connectivity index (χ1n) is 8.36. The third-order valence-electron chi connectivity index (χ3n) is 4.68. The summed E-state index contributed by atoms with van der Waals surface area (Å²) in [5.41, 5.74) is 0.877. The Morgan fingerprint density at radius 2 is 2.04 bits per heavy atom. The van der Waals surface area contributed by atoms with Gasteiger partial charge < -0.3 is 20.2 Å². The molecule has 130 valence electrons. The molecule has 2 unspecified atom stereocenters. The van der Waals surface area contributed by atoms with Crippen molar-refractivity contribution in [1.82, 2.24) is 20.4 Å². The molecule has 3 rings (SSSR count). The smallest absolute Gasteiger partial charge is 0.317 e. The molecule has 2 aliphatic rings. The van der Waals surface area contributed by atoms with Crippen LogP contribution in [0.5, 0.6) is 0 Å². The second-order valence-electron chi connectivity index (χ2n) is 6.54. The fourth-order valence-corrected chi connectivity index (χ4v) is 3.28. The van der Waals surface area contributed by atoms with Gasteiger partial charge in [-0.15, -0.1) is 5.10 Å². The number of aliphatic carboxylic acids is 1. The largest absolute Gasteiger partial charge is 0.481 e. The number of carbonyl (C=O) groups is 2. The van der Waals surface area contributed by atoms with E-state index in [9.17, 15) is 9.59 Å². The van der Waals surface area contributed by atoms with Crippen molar-refractivity contribution in [2.75, 3.05) is 31.1 Å². The number of nitrogens with one attached hydrogen (secondary N) is 1. The van der Waals surface area contributed by atoms with Crippen LogP contribution >= 0.6 is 0 Å². The lowest BCUT2D eigenvalue weighted by molar-refractivity contribution is -0.141. The highest BCUT2D eigenvalue weighted by Crippen LogP contribution is 2.19. The Bertz CT molecular complexity index is 606. The number of carboxylic acids is 1. The van der Waals surface area contributed by atoms with Crippen LogP contribution in [0.3, 0.4) is 0 Å². The van der Waals surface area contributed by atoms with Crippen molar-refractivity contribution in [2.24, 2.45) is 5.92 Å². The van der Waals surface area contributed by atoms with Crippen molar-refractivity contribution in [3.05, 3.63) is 17.8 Å². The monoisotopic (exact) mass is 333 g/mol. The number of urea groups is 1. The molecule has 1 aromatic rings. The molecule has 0 radical (unpaired) electrons. The van der Waals surface area contributed by atoms with E-state index in [1.165, 1.54) is 0 Å². The fourth-order valence-electron chi connectivity index (χ4n) is 3.28. The van der Waals surface area contributed by atoms with E-state index in [2.05, 4.69) is 20.4 Å². The van der Waals surface area contributed by atoms with E-state index in [1.807, 2.05) is 19.1 Å². The minimum atomic E-state index is -0.827. The molecular formula is C16H23N5O3. The van der Waals surface area contributed by atoms with Gasteiger partial charge >= 0.3 is 12.0 Å². The predicted molar refractivity (Wildman–Crippen MR) is 87.9 cm³/mol. The molecule has 2 atom stereocenters. The maximum Gasteiger partial charge on any atom is 0.317 e. The number of amides is 2. The summed E-state index contributed by atoms with van der Waals surface area (Å²) in [4.78, 5) is 27.1. The van der Waals surface area contributed by atoms with Crippen molar-refractivity contribution >= 4 is 17.8 Å². The van der Waals surface area contributed by atoms with E-state index in [1.54, 1.807) is 4.90 Å². The average Bonchev–Trinajstić information content (AvgIpc) is 3.06. The molecule has 0 aliphatic carbocycles. The van der Waals surface area contributed by atoms with Gasteiger partial charge in [-0.25, -0.2) is 4.79 Å². The summed E-state index contributed by atoms with van der Waals surface area (Å²) in [5, 5.41) is 20.4. The van der Waals surface area contributed by atoms with Crippen LogP contribution in [-0.2, 0) is 4.79 Å². The number of anilines is 1.